The van der Waals surface area contributed by atoms with Crippen molar-refractivity contribution in [2.75, 3.05) is 6.61 Å². The van der Waals surface area contributed by atoms with Gasteiger partial charge in [0.2, 0.25) is 0 Å². The van der Waals surface area contributed by atoms with E-state index in [1.807, 2.05) is 38.1 Å². The topological polar surface area (TPSA) is 64.5 Å². The number of rotatable bonds is 4. The minimum Gasteiger partial charge on any atom is -0.447 e. The Morgan fingerprint density at radius 1 is 1.27 bits per heavy atom. The maximum Gasteiger partial charge on any atom is 0.410 e. The molecule has 1 saturated heterocycles. The largest absolute Gasteiger partial charge is 0.447 e. The van der Waals surface area contributed by atoms with Gasteiger partial charge in [-0.15, -0.1) is 0 Å². The fourth-order valence-electron chi connectivity index (χ4n) is 2.15. The molecule has 0 spiro atoms. The number of hydrogen-bond acceptors (Lipinski definition) is 5. The van der Waals surface area contributed by atoms with Crippen LogP contribution in [0.25, 0.3) is 0 Å². The highest BCUT2D eigenvalue weighted by atomic mass is 16.6. The second-order valence-electron chi connectivity index (χ2n) is 5.34. The lowest BCUT2D eigenvalue weighted by Gasteiger charge is -2.17. The van der Waals surface area contributed by atoms with Crippen molar-refractivity contribution in [2.45, 2.75) is 26.4 Å². The minimum atomic E-state index is -0.299. The third-order valence-electron chi connectivity index (χ3n) is 3.48. The van der Waals surface area contributed by atoms with Gasteiger partial charge in [0.05, 0.1) is 12.6 Å². The van der Waals surface area contributed by atoms with E-state index in [9.17, 15) is 4.79 Å². The van der Waals surface area contributed by atoms with Crippen LogP contribution >= 0.6 is 0 Å². The Bertz CT molecular complexity index is 655. The van der Waals surface area contributed by atoms with Crippen molar-refractivity contribution in [3.05, 3.63) is 47.8 Å². The number of carbonyl (C=O) groups excluding carboxylic acids is 1. The number of carbonyl (C=O) groups is 1. The molecule has 22 heavy (non-hydrogen) atoms. The predicted molar refractivity (Wildman–Crippen MR) is 79.6 cm³/mol. The van der Waals surface area contributed by atoms with Crippen LogP contribution in [0.2, 0.25) is 0 Å². The Hall–Kier alpha value is -2.63. The quantitative estimate of drug-likeness (QED) is 0.868. The van der Waals surface area contributed by atoms with Gasteiger partial charge in [-0.1, -0.05) is 17.7 Å². The van der Waals surface area contributed by atoms with Crippen molar-refractivity contribution in [2.24, 2.45) is 0 Å². The van der Waals surface area contributed by atoms with Gasteiger partial charge in [-0.05, 0) is 26.0 Å². The number of nitrogens with zero attached hydrogens (tertiary/aromatic N) is 3. The van der Waals surface area contributed by atoms with Gasteiger partial charge < -0.3 is 9.47 Å². The Balaban J connectivity index is 1.65. The first-order valence-corrected chi connectivity index (χ1v) is 7.10. The molecular formula is C16H17N3O3. The van der Waals surface area contributed by atoms with E-state index in [0.717, 1.165) is 11.1 Å². The molecule has 0 aliphatic carbocycles. The number of aromatic nitrogens is 2. The molecule has 1 aromatic carbocycles. The molecular weight excluding hydrogens is 282 g/mol. The van der Waals surface area contributed by atoms with Gasteiger partial charge in [0.25, 0.3) is 0 Å². The van der Waals surface area contributed by atoms with Crippen LogP contribution in [0.4, 0.5) is 4.79 Å². The molecule has 1 aliphatic rings. The lowest BCUT2D eigenvalue weighted by Crippen LogP contribution is -2.30. The molecule has 0 saturated carbocycles. The summed E-state index contributed by atoms with van der Waals surface area (Å²) in [5, 5.41) is 0. The third kappa shape index (κ3) is 3.16. The fraction of sp³-hybridized carbons (Fsp3) is 0.312. The van der Waals surface area contributed by atoms with Crippen molar-refractivity contribution in [1.82, 2.24) is 14.9 Å². The highest BCUT2D eigenvalue weighted by Gasteiger charge is 2.29. The summed E-state index contributed by atoms with van der Waals surface area (Å²) in [5.74, 6) is 0.690. The van der Waals surface area contributed by atoms with Gasteiger partial charge >= 0.3 is 12.1 Å². The molecule has 0 N–H and O–H groups in total. The van der Waals surface area contributed by atoms with E-state index in [4.69, 9.17) is 9.47 Å². The summed E-state index contributed by atoms with van der Waals surface area (Å²) < 4.78 is 10.6. The standard InChI is InChI=1S/C16H17N3O3/c1-11-3-5-14(6-4-11)22-15-17-7-13(8-18-15)9-19-12(2)10-21-16(19)20/h3-8,12H,9-10H2,1-2H3/t12-/m0/s1. The summed E-state index contributed by atoms with van der Waals surface area (Å²) in [5.41, 5.74) is 2.00. The molecule has 0 radical (unpaired) electrons. The van der Waals surface area contributed by atoms with E-state index in [2.05, 4.69) is 9.97 Å². The maximum atomic E-state index is 11.6. The monoisotopic (exact) mass is 299 g/mol. The Kier molecular flexibility index (Phi) is 3.91. The van der Waals surface area contributed by atoms with Crippen LogP contribution in [0.5, 0.6) is 11.8 Å². The van der Waals surface area contributed by atoms with Crippen LogP contribution in [-0.2, 0) is 11.3 Å². The number of hydrogen-bond donors (Lipinski definition) is 0. The van der Waals surface area contributed by atoms with E-state index in [1.165, 1.54) is 0 Å². The van der Waals surface area contributed by atoms with Crippen molar-refractivity contribution in [1.29, 1.82) is 0 Å². The predicted octanol–water partition coefficient (Wildman–Crippen LogP) is 2.92. The molecule has 6 nitrogen and oxygen atoms in total. The second-order valence-corrected chi connectivity index (χ2v) is 5.34. The van der Waals surface area contributed by atoms with Gasteiger partial charge in [-0.3, -0.25) is 4.90 Å². The van der Waals surface area contributed by atoms with E-state index in [-0.39, 0.29) is 18.1 Å². The zero-order chi connectivity index (χ0) is 15.5. The minimum absolute atomic E-state index is 0.0657. The summed E-state index contributed by atoms with van der Waals surface area (Å²) >= 11 is 0. The highest BCUT2D eigenvalue weighted by molar-refractivity contribution is 5.69. The molecule has 1 amide bonds. The van der Waals surface area contributed by atoms with Crippen LogP contribution in [0.1, 0.15) is 18.1 Å². The van der Waals surface area contributed by atoms with Gasteiger partial charge in [-0.2, -0.15) is 0 Å². The summed E-state index contributed by atoms with van der Waals surface area (Å²) in [7, 11) is 0. The number of amides is 1. The van der Waals surface area contributed by atoms with Crippen LogP contribution in [0.3, 0.4) is 0 Å². The zero-order valence-corrected chi connectivity index (χ0v) is 12.5. The SMILES string of the molecule is Cc1ccc(Oc2ncc(CN3C(=O)OC[C@@H]3C)cn2)cc1. The number of ether oxygens (including phenoxy) is 2. The van der Waals surface area contributed by atoms with Crippen molar-refractivity contribution in [3.8, 4) is 11.8 Å². The number of aryl methyl sites for hydroxylation is 1. The Labute approximate surface area is 128 Å². The van der Waals surface area contributed by atoms with Gasteiger partial charge in [0.1, 0.15) is 12.4 Å². The van der Waals surface area contributed by atoms with Gasteiger partial charge in [-0.25, -0.2) is 14.8 Å². The first kappa shape index (κ1) is 14.3. The second kappa shape index (κ2) is 6.01. The molecule has 2 heterocycles. The summed E-state index contributed by atoms with van der Waals surface area (Å²) in [6.45, 7) is 4.82. The highest BCUT2D eigenvalue weighted by Crippen LogP contribution is 2.19. The molecule has 114 valence electrons. The molecule has 1 atom stereocenters. The van der Waals surface area contributed by atoms with Crippen molar-refractivity contribution >= 4 is 6.09 Å². The first-order valence-electron chi connectivity index (χ1n) is 7.10. The lowest BCUT2D eigenvalue weighted by atomic mass is 10.2. The summed E-state index contributed by atoms with van der Waals surface area (Å²) in [4.78, 5) is 21.6. The first-order chi connectivity index (χ1) is 10.6. The van der Waals surface area contributed by atoms with Crippen LogP contribution in [0.15, 0.2) is 36.7 Å². The lowest BCUT2D eigenvalue weighted by molar-refractivity contribution is 0.156. The van der Waals surface area contributed by atoms with Crippen LogP contribution in [-0.4, -0.2) is 33.6 Å². The molecule has 3 rings (SSSR count). The number of benzene rings is 1. The fourth-order valence-corrected chi connectivity index (χ4v) is 2.15. The maximum absolute atomic E-state index is 11.6. The van der Waals surface area contributed by atoms with Crippen molar-refractivity contribution in [3.63, 3.8) is 0 Å². The Morgan fingerprint density at radius 2 is 1.95 bits per heavy atom. The molecule has 2 aromatic rings. The van der Waals surface area contributed by atoms with Gasteiger partial charge in [0.15, 0.2) is 0 Å². The molecule has 6 heteroatoms. The van der Waals surface area contributed by atoms with Crippen LogP contribution in [0, 0.1) is 6.92 Å². The smallest absolute Gasteiger partial charge is 0.410 e. The van der Waals surface area contributed by atoms with E-state index in [1.54, 1.807) is 17.3 Å². The van der Waals surface area contributed by atoms with E-state index in [0.29, 0.717) is 18.9 Å². The zero-order valence-electron chi connectivity index (χ0n) is 12.5. The molecule has 1 aromatic heterocycles. The average Bonchev–Trinajstić information content (AvgIpc) is 2.83. The molecule has 0 unspecified atom stereocenters. The normalized spacial score (nSPS) is 17.5. The molecule has 1 fully saturated rings. The molecule has 1 aliphatic heterocycles. The summed E-state index contributed by atoms with van der Waals surface area (Å²) in [6, 6.07) is 8.01. The average molecular weight is 299 g/mol. The van der Waals surface area contributed by atoms with E-state index < -0.39 is 0 Å². The van der Waals surface area contributed by atoms with Gasteiger partial charge in [0, 0.05) is 18.0 Å². The third-order valence-corrected chi connectivity index (χ3v) is 3.48. The van der Waals surface area contributed by atoms with E-state index >= 15 is 0 Å². The van der Waals surface area contributed by atoms with Crippen molar-refractivity contribution < 1.29 is 14.3 Å². The number of cyclic esters (lactones) is 1. The molecule has 0 bridgehead atoms. The van der Waals surface area contributed by atoms with Crippen LogP contribution < -0.4 is 4.74 Å². The summed E-state index contributed by atoms with van der Waals surface area (Å²) in [6.07, 6.45) is 3.02. The Morgan fingerprint density at radius 3 is 2.55 bits per heavy atom.